The standard InChI is InChI=1S/C19H27NO5S2/c1-5-20(6-2)17(22)19(3,26-11-10-25-18(23)24-4)27-14-16-9-7-8-15(12-16)13-21/h7-9,12-13H,5-6,10-11,14H2,1-4H3. The van der Waals surface area contributed by atoms with Crippen molar-refractivity contribution in [3.63, 3.8) is 0 Å². The summed E-state index contributed by atoms with van der Waals surface area (Å²) in [5, 5.41) is 0. The fourth-order valence-corrected chi connectivity index (χ4v) is 4.80. The van der Waals surface area contributed by atoms with Crippen molar-refractivity contribution < 1.29 is 23.9 Å². The molecule has 0 spiro atoms. The molecule has 0 saturated heterocycles. The Balaban J connectivity index is 2.83. The van der Waals surface area contributed by atoms with Gasteiger partial charge in [-0.3, -0.25) is 9.59 Å². The van der Waals surface area contributed by atoms with E-state index in [1.54, 1.807) is 11.0 Å². The van der Waals surface area contributed by atoms with Gasteiger partial charge in [0.1, 0.15) is 17.0 Å². The van der Waals surface area contributed by atoms with Crippen molar-refractivity contribution in [2.45, 2.75) is 30.6 Å². The zero-order valence-corrected chi connectivity index (χ0v) is 17.9. The highest BCUT2D eigenvalue weighted by Crippen LogP contribution is 2.40. The van der Waals surface area contributed by atoms with E-state index in [1.165, 1.54) is 30.6 Å². The van der Waals surface area contributed by atoms with E-state index in [1.807, 2.05) is 39.0 Å². The number of thioether (sulfide) groups is 2. The van der Waals surface area contributed by atoms with E-state index < -0.39 is 10.2 Å². The van der Waals surface area contributed by atoms with Crippen LogP contribution in [0.1, 0.15) is 36.7 Å². The van der Waals surface area contributed by atoms with E-state index in [2.05, 4.69) is 4.74 Å². The summed E-state index contributed by atoms with van der Waals surface area (Å²) >= 11 is 2.95. The molecule has 27 heavy (non-hydrogen) atoms. The lowest BCUT2D eigenvalue weighted by molar-refractivity contribution is -0.130. The average Bonchev–Trinajstić information content (AvgIpc) is 2.70. The van der Waals surface area contributed by atoms with Crippen molar-refractivity contribution in [3.8, 4) is 0 Å². The lowest BCUT2D eigenvalue weighted by Crippen LogP contribution is -2.43. The fraction of sp³-hybridized carbons (Fsp3) is 0.526. The molecule has 1 amide bonds. The zero-order valence-electron chi connectivity index (χ0n) is 16.2. The van der Waals surface area contributed by atoms with Gasteiger partial charge in [-0.05, 0) is 32.4 Å². The maximum absolute atomic E-state index is 13.1. The highest BCUT2D eigenvalue weighted by atomic mass is 32.2. The second-order valence-corrected chi connectivity index (χ2v) is 8.89. The number of aldehydes is 1. The van der Waals surface area contributed by atoms with E-state index in [0.29, 0.717) is 30.2 Å². The third-order valence-corrected chi connectivity index (χ3v) is 6.89. The van der Waals surface area contributed by atoms with Gasteiger partial charge in [0.15, 0.2) is 0 Å². The van der Waals surface area contributed by atoms with Crippen LogP contribution in [0.2, 0.25) is 0 Å². The zero-order chi connectivity index (χ0) is 20.3. The molecule has 1 rings (SSSR count). The molecule has 0 aliphatic heterocycles. The van der Waals surface area contributed by atoms with Gasteiger partial charge < -0.3 is 14.4 Å². The third kappa shape index (κ3) is 7.46. The first-order valence-electron chi connectivity index (χ1n) is 8.72. The summed E-state index contributed by atoms with van der Waals surface area (Å²) in [5.41, 5.74) is 1.60. The van der Waals surface area contributed by atoms with Crippen molar-refractivity contribution >= 4 is 41.9 Å². The third-order valence-electron chi connectivity index (χ3n) is 3.89. The normalized spacial score (nSPS) is 12.7. The summed E-state index contributed by atoms with van der Waals surface area (Å²) in [5.74, 6) is 1.10. The molecule has 0 bridgehead atoms. The molecule has 1 aromatic rings. The average molecular weight is 414 g/mol. The van der Waals surface area contributed by atoms with Crippen LogP contribution >= 0.6 is 23.5 Å². The van der Waals surface area contributed by atoms with Gasteiger partial charge >= 0.3 is 6.16 Å². The van der Waals surface area contributed by atoms with E-state index >= 15 is 0 Å². The molecule has 6 nitrogen and oxygen atoms in total. The molecule has 0 heterocycles. The van der Waals surface area contributed by atoms with E-state index in [0.717, 1.165) is 11.8 Å². The molecular weight excluding hydrogens is 386 g/mol. The number of rotatable bonds is 11. The van der Waals surface area contributed by atoms with Crippen LogP contribution in [0.25, 0.3) is 0 Å². The summed E-state index contributed by atoms with van der Waals surface area (Å²) in [6, 6.07) is 7.35. The Hall–Kier alpha value is -1.67. The number of benzene rings is 1. The van der Waals surface area contributed by atoms with E-state index in [4.69, 9.17) is 4.74 Å². The summed E-state index contributed by atoms with van der Waals surface area (Å²) in [4.78, 5) is 36.9. The summed E-state index contributed by atoms with van der Waals surface area (Å²) in [6.45, 7) is 7.22. The Labute approximate surface area is 169 Å². The Morgan fingerprint density at radius 2 is 1.93 bits per heavy atom. The van der Waals surface area contributed by atoms with Crippen LogP contribution in [-0.2, 0) is 20.0 Å². The van der Waals surface area contributed by atoms with Crippen LogP contribution < -0.4 is 0 Å². The van der Waals surface area contributed by atoms with Gasteiger partial charge in [0.25, 0.3) is 0 Å². The second kappa shape index (κ2) is 11.9. The van der Waals surface area contributed by atoms with E-state index in [-0.39, 0.29) is 12.5 Å². The molecule has 150 valence electrons. The van der Waals surface area contributed by atoms with Crippen molar-refractivity contribution in [3.05, 3.63) is 35.4 Å². The quantitative estimate of drug-likeness (QED) is 0.236. The van der Waals surface area contributed by atoms with Gasteiger partial charge in [0.05, 0.1) is 7.11 Å². The van der Waals surface area contributed by atoms with Crippen molar-refractivity contribution in [1.29, 1.82) is 0 Å². The van der Waals surface area contributed by atoms with Gasteiger partial charge in [-0.15, -0.1) is 23.5 Å². The van der Waals surface area contributed by atoms with Gasteiger partial charge in [-0.2, -0.15) is 0 Å². The number of nitrogens with zero attached hydrogens (tertiary/aromatic N) is 1. The molecule has 0 N–H and O–H groups in total. The molecule has 1 atom stereocenters. The molecule has 1 aromatic carbocycles. The van der Waals surface area contributed by atoms with Gasteiger partial charge in [-0.1, -0.05) is 18.2 Å². The number of amides is 1. The first-order valence-corrected chi connectivity index (χ1v) is 10.7. The SMILES string of the molecule is CCN(CC)C(=O)C(C)(SCCOC(=O)OC)SCc1cccc(C=O)c1. The summed E-state index contributed by atoms with van der Waals surface area (Å²) < 4.78 is 8.63. The molecule has 0 aromatic heterocycles. The molecule has 0 saturated carbocycles. The minimum absolute atomic E-state index is 0.0344. The van der Waals surface area contributed by atoms with Crippen molar-refractivity contribution in [2.75, 3.05) is 32.6 Å². The summed E-state index contributed by atoms with van der Waals surface area (Å²) in [7, 11) is 1.26. The molecule has 0 aliphatic carbocycles. The Kier molecular flexibility index (Phi) is 10.3. The highest BCUT2D eigenvalue weighted by Gasteiger charge is 2.37. The first-order chi connectivity index (χ1) is 12.9. The fourth-order valence-electron chi connectivity index (χ4n) is 2.36. The van der Waals surface area contributed by atoms with Crippen LogP contribution in [0.5, 0.6) is 0 Å². The number of carbonyl (C=O) groups excluding carboxylic acids is 3. The topological polar surface area (TPSA) is 72.9 Å². The van der Waals surface area contributed by atoms with E-state index in [9.17, 15) is 14.4 Å². The van der Waals surface area contributed by atoms with Gasteiger partial charge in [-0.25, -0.2) is 4.79 Å². The minimum Gasteiger partial charge on any atom is -0.438 e. The number of hydrogen-bond donors (Lipinski definition) is 0. The highest BCUT2D eigenvalue weighted by molar-refractivity contribution is 8.19. The number of carbonyl (C=O) groups is 3. The predicted octanol–water partition coefficient (Wildman–Crippen LogP) is 3.83. The van der Waals surface area contributed by atoms with Crippen molar-refractivity contribution in [2.24, 2.45) is 0 Å². The second-order valence-electron chi connectivity index (χ2n) is 5.73. The molecule has 0 fully saturated rings. The Bertz CT molecular complexity index is 636. The minimum atomic E-state index is -0.733. The molecule has 0 radical (unpaired) electrons. The van der Waals surface area contributed by atoms with Crippen LogP contribution in [0.15, 0.2) is 24.3 Å². The smallest absolute Gasteiger partial charge is 0.438 e. The number of ether oxygens (including phenoxy) is 2. The van der Waals surface area contributed by atoms with Gasteiger partial charge in [0.2, 0.25) is 5.91 Å². The summed E-state index contributed by atoms with van der Waals surface area (Å²) in [6.07, 6.45) is 0.0820. The van der Waals surface area contributed by atoms with Crippen LogP contribution in [-0.4, -0.2) is 59.9 Å². The number of methoxy groups -OCH3 is 1. The molecule has 8 heteroatoms. The molecule has 0 aliphatic rings. The molecular formula is C19H27NO5S2. The Morgan fingerprint density at radius 3 is 2.52 bits per heavy atom. The molecule has 1 unspecified atom stereocenters. The first kappa shape index (κ1) is 23.4. The van der Waals surface area contributed by atoms with Gasteiger partial charge in [0, 0.05) is 30.2 Å². The lowest BCUT2D eigenvalue weighted by atomic mass is 10.2. The van der Waals surface area contributed by atoms with Crippen LogP contribution in [0, 0.1) is 0 Å². The Morgan fingerprint density at radius 1 is 1.22 bits per heavy atom. The maximum atomic E-state index is 13.1. The maximum Gasteiger partial charge on any atom is 0.508 e. The largest absolute Gasteiger partial charge is 0.508 e. The van der Waals surface area contributed by atoms with Crippen LogP contribution in [0.3, 0.4) is 0 Å². The van der Waals surface area contributed by atoms with Crippen molar-refractivity contribution in [1.82, 2.24) is 4.90 Å². The number of hydrogen-bond acceptors (Lipinski definition) is 7. The monoisotopic (exact) mass is 413 g/mol. The lowest BCUT2D eigenvalue weighted by Gasteiger charge is -2.32. The predicted molar refractivity (Wildman–Crippen MR) is 110 cm³/mol. The van der Waals surface area contributed by atoms with Crippen LogP contribution in [0.4, 0.5) is 4.79 Å².